The Labute approximate surface area is 155 Å². The number of hydrogen-bond acceptors (Lipinski definition) is 5. The van der Waals surface area contributed by atoms with Crippen LogP contribution in [0.4, 0.5) is 0 Å². The molecule has 0 aliphatic heterocycles. The molecule has 0 saturated carbocycles. The van der Waals surface area contributed by atoms with Gasteiger partial charge in [0.05, 0.1) is 16.6 Å². The molecule has 1 aromatic heterocycles. The van der Waals surface area contributed by atoms with Crippen LogP contribution in [0.2, 0.25) is 5.02 Å². The maximum atomic E-state index is 12.3. The number of ether oxygens (including phenoxy) is 1. The first-order valence-electron chi connectivity index (χ1n) is 7.97. The minimum atomic E-state index is -0.942. The minimum absolute atomic E-state index is 0.256. The number of carbonyl (C=O) groups is 2. The van der Waals surface area contributed by atoms with E-state index in [9.17, 15) is 9.59 Å². The SMILES string of the molecule is C[C@H](OC(=O)c1ccc2nccnc2c1)C(=O)NCc1ccccc1Cl. The summed E-state index contributed by atoms with van der Waals surface area (Å²) >= 11 is 6.05. The second kappa shape index (κ2) is 7.93. The third kappa shape index (κ3) is 4.15. The summed E-state index contributed by atoms with van der Waals surface area (Å²) in [5.41, 5.74) is 2.35. The highest BCUT2D eigenvalue weighted by Crippen LogP contribution is 2.15. The largest absolute Gasteiger partial charge is 0.449 e. The van der Waals surface area contributed by atoms with Crippen LogP contribution in [-0.4, -0.2) is 27.9 Å². The van der Waals surface area contributed by atoms with Crippen LogP contribution in [0.15, 0.2) is 54.9 Å². The molecule has 1 heterocycles. The molecule has 0 fully saturated rings. The van der Waals surface area contributed by atoms with Crippen molar-refractivity contribution in [1.29, 1.82) is 0 Å². The van der Waals surface area contributed by atoms with Gasteiger partial charge in [-0.2, -0.15) is 0 Å². The number of nitrogens with zero attached hydrogens (tertiary/aromatic N) is 2. The first-order chi connectivity index (χ1) is 12.5. The van der Waals surface area contributed by atoms with Crippen molar-refractivity contribution in [3.05, 3.63) is 71.0 Å². The van der Waals surface area contributed by atoms with Crippen LogP contribution in [0.1, 0.15) is 22.8 Å². The molecule has 1 atom stereocenters. The highest BCUT2D eigenvalue weighted by molar-refractivity contribution is 6.31. The fraction of sp³-hybridized carbons (Fsp3) is 0.158. The maximum absolute atomic E-state index is 12.3. The summed E-state index contributed by atoms with van der Waals surface area (Å²) in [5.74, 6) is -1.00. The van der Waals surface area contributed by atoms with Gasteiger partial charge in [-0.25, -0.2) is 4.79 Å². The minimum Gasteiger partial charge on any atom is -0.449 e. The van der Waals surface area contributed by atoms with Crippen molar-refractivity contribution in [2.75, 3.05) is 0 Å². The van der Waals surface area contributed by atoms with E-state index in [1.165, 1.54) is 6.92 Å². The Morgan fingerprint density at radius 2 is 1.85 bits per heavy atom. The van der Waals surface area contributed by atoms with Crippen LogP contribution >= 0.6 is 11.6 Å². The topological polar surface area (TPSA) is 81.2 Å². The Morgan fingerprint density at radius 1 is 1.12 bits per heavy atom. The Hall–Kier alpha value is -2.99. The third-order valence-corrected chi connectivity index (χ3v) is 4.14. The number of benzene rings is 2. The average Bonchev–Trinajstić information content (AvgIpc) is 2.66. The predicted molar refractivity (Wildman–Crippen MR) is 97.7 cm³/mol. The zero-order valence-electron chi connectivity index (χ0n) is 14.0. The highest BCUT2D eigenvalue weighted by atomic mass is 35.5. The van der Waals surface area contributed by atoms with Crippen molar-refractivity contribution in [3.8, 4) is 0 Å². The first-order valence-corrected chi connectivity index (χ1v) is 8.35. The second-order valence-corrected chi connectivity index (χ2v) is 6.02. The van der Waals surface area contributed by atoms with Gasteiger partial charge in [-0.3, -0.25) is 14.8 Å². The number of rotatable bonds is 5. The molecule has 0 saturated heterocycles. The number of aromatic nitrogens is 2. The van der Waals surface area contributed by atoms with Gasteiger partial charge in [0.1, 0.15) is 0 Å². The number of hydrogen-bond donors (Lipinski definition) is 1. The van der Waals surface area contributed by atoms with Crippen molar-refractivity contribution < 1.29 is 14.3 Å². The molecule has 0 unspecified atom stereocenters. The van der Waals surface area contributed by atoms with E-state index in [1.807, 2.05) is 18.2 Å². The van der Waals surface area contributed by atoms with Gasteiger partial charge in [0, 0.05) is 24.0 Å². The van der Waals surface area contributed by atoms with E-state index in [1.54, 1.807) is 36.7 Å². The zero-order valence-corrected chi connectivity index (χ0v) is 14.7. The lowest BCUT2D eigenvalue weighted by Crippen LogP contribution is -2.35. The zero-order chi connectivity index (χ0) is 18.5. The molecule has 2 aromatic carbocycles. The van der Waals surface area contributed by atoms with Gasteiger partial charge >= 0.3 is 5.97 Å². The molecule has 0 aliphatic carbocycles. The lowest BCUT2D eigenvalue weighted by atomic mass is 10.2. The Morgan fingerprint density at radius 3 is 2.62 bits per heavy atom. The van der Waals surface area contributed by atoms with Crippen LogP contribution in [0, 0.1) is 0 Å². The van der Waals surface area contributed by atoms with E-state index in [0.29, 0.717) is 21.6 Å². The molecule has 3 rings (SSSR count). The molecule has 1 amide bonds. The Bertz CT molecular complexity index is 961. The summed E-state index contributed by atoms with van der Waals surface area (Å²) in [4.78, 5) is 32.7. The van der Waals surface area contributed by atoms with Gasteiger partial charge < -0.3 is 10.1 Å². The molecule has 1 N–H and O–H groups in total. The van der Waals surface area contributed by atoms with Gasteiger partial charge in [0.25, 0.3) is 5.91 Å². The van der Waals surface area contributed by atoms with E-state index in [2.05, 4.69) is 15.3 Å². The predicted octanol–water partition coefficient (Wildman–Crippen LogP) is 3.14. The highest BCUT2D eigenvalue weighted by Gasteiger charge is 2.19. The van der Waals surface area contributed by atoms with Crippen LogP contribution in [0.25, 0.3) is 11.0 Å². The summed E-state index contributed by atoms with van der Waals surface area (Å²) in [6.45, 7) is 1.77. The summed E-state index contributed by atoms with van der Waals surface area (Å²) < 4.78 is 5.23. The van der Waals surface area contributed by atoms with Gasteiger partial charge in [-0.1, -0.05) is 29.8 Å². The molecule has 6 nitrogen and oxygen atoms in total. The number of nitrogens with one attached hydrogen (secondary N) is 1. The van der Waals surface area contributed by atoms with E-state index in [-0.39, 0.29) is 6.54 Å². The molecule has 132 valence electrons. The van der Waals surface area contributed by atoms with Gasteiger partial charge in [-0.15, -0.1) is 0 Å². The maximum Gasteiger partial charge on any atom is 0.338 e. The van der Waals surface area contributed by atoms with Crippen molar-refractivity contribution in [3.63, 3.8) is 0 Å². The van der Waals surface area contributed by atoms with Gasteiger partial charge in [-0.05, 0) is 36.8 Å². The molecule has 26 heavy (non-hydrogen) atoms. The summed E-state index contributed by atoms with van der Waals surface area (Å²) in [6, 6.07) is 12.1. The quantitative estimate of drug-likeness (QED) is 0.699. The standard InChI is InChI=1S/C19H16ClN3O3/c1-12(18(24)23-11-14-4-2-3-5-15(14)20)26-19(25)13-6-7-16-17(10-13)22-9-8-21-16/h2-10,12H,11H2,1H3,(H,23,24)/t12-/m0/s1. The van der Waals surface area contributed by atoms with Crippen molar-refractivity contribution in [2.45, 2.75) is 19.6 Å². The van der Waals surface area contributed by atoms with E-state index >= 15 is 0 Å². The average molecular weight is 370 g/mol. The molecule has 3 aromatic rings. The molecule has 0 spiro atoms. The summed E-state index contributed by atoms with van der Waals surface area (Å²) in [5, 5.41) is 3.27. The smallest absolute Gasteiger partial charge is 0.338 e. The second-order valence-electron chi connectivity index (χ2n) is 5.62. The van der Waals surface area contributed by atoms with Gasteiger partial charge in [0.2, 0.25) is 0 Å². The lowest BCUT2D eigenvalue weighted by molar-refractivity contribution is -0.129. The van der Waals surface area contributed by atoms with E-state index in [4.69, 9.17) is 16.3 Å². The van der Waals surface area contributed by atoms with Crippen LogP contribution in [0.5, 0.6) is 0 Å². The Balaban J connectivity index is 1.60. The van der Waals surface area contributed by atoms with Crippen LogP contribution in [0.3, 0.4) is 0 Å². The third-order valence-electron chi connectivity index (χ3n) is 3.77. The molecule has 0 aliphatic rings. The first kappa shape index (κ1) is 17.8. The molecule has 0 radical (unpaired) electrons. The number of amides is 1. The normalized spacial score (nSPS) is 11.8. The fourth-order valence-corrected chi connectivity index (χ4v) is 2.54. The van der Waals surface area contributed by atoms with Crippen molar-refractivity contribution >= 4 is 34.5 Å². The molecule has 7 heteroatoms. The van der Waals surface area contributed by atoms with Crippen LogP contribution in [-0.2, 0) is 16.1 Å². The van der Waals surface area contributed by atoms with E-state index < -0.39 is 18.0 Å². The number of esters is 1. The van der Waals surface area contributed by atoms with Gasteiger partial charge in [0.15, 0.2) is 6.10 Å². The molecular formula is C19H16ClN3O3. The summed E-state index contributed by atoms with van der Waals surface area (Å²) in [7, 11) is 0. The van der Waals surface area contributed by atoms with Crippen LogP contribution < -0.4 is 5.32 Å². The summed E-state index contributed by atoms with van der Waals surface area (Å²) in [6.07, 6.45) is 2.18. The van der Waals surface area contributed by atoms with Crippen molar-refractivity contribution in [2.24, 2.45) is 0 Å². The fourth-order valence-electron chi connectivity index (χ4n) is 2.34. The monoisotopic (exact) mass is 369 g/mol. The number of carbonyl (C=O) groups excluding carboxylic acids is 2. The lowest BCUT2D eigenvalue weighted by Gasteiger charge is -2.14. The Kier molecular flexibility index (Phi) is 5.43. The molecule has 0 bridgehead atoms. The number of halogens is 1. The van der Waals surface area contributed by atoms with Crippen molar-refractivity contribution in [1.82, 2.24) is 15.3 Å². The van der Waals surface area contributed by atoms with E-state index in [0.717, 1.165) is 5.56 Å². The number of fused-ring (bicyclic) bond motifs is 1. The molecular weight excluding hydrogens is 354 g/mol.